The normalized spacial score (nSPS) is 24.3. The lowest BCUT2D eigenvalue weighted by Crippen LogP contribution is -2.47. The quantitative estimate of drug-likeness (QED) is 0.466. The van der Waals surface area contributed by atoms with Crippen LogP contribution >= 0.6 is 0 Å². The molecule has 174 valence electrons. The minimum atomic E-state index is 0.343. The molecule has 3 aliphatic carbocycles. The maximum absolute atomic E-state index is 5.48. The Morgan fingerprint density at radius 3 is 2.48 bits per heavy atom. The first-order valence-corrected chi connectivity index (χ1v) is 12.2. The van der Waals surface area contributed by atoms with Gasteiger partial charge in [0.1, 0.15) is 17.9 Å². The summed E-state index contributed by atoms with van der Waals surface area (Å²) in [6, 6.07) is 8.86. The van der Waals surface area contributed by atoms with Gasteiger partial charge >= 0.3 is 0 Å². The summed E-state index contributed by atoms with van der Waals surface area (Å²) < 4.78 is 5.48. The number of nitrogens with zero attached hydrogens (tertiary/aromatic N) is 3. The van der Waals surface area contributed by atoms with Crippen molar-refractivity contribution < 1.29 is 4.74 Å². The van der Waals surface area contributed by atoms with Gasteiger partial charge in [-0.1, -0.05) is 26.0 Å². The number of aromatic nitrogens is 4. The minimum Gasteiger partial charge on any atom is -0.496 e. The zero-order valence-corrected chi connectivity index (χ0v) is 20.2. The molecule has 2 aromatic heterocycles. The first kappa shape index (κ1) is 21.9. The van der Waals surface area contributed by atoms with Crippen LogP contribution in [0.1, 0.15) is 75.1 Å². The van der Waals surface area contributed by atoms with Crippen LogP contribution in [-0.4, -0.2) is 33.8 Å². The Balaban J connectivity index is 1.26. The number of benzene rings is 1. The van der Waals surface area contributed by atoms with Crippen molar-refractivity contribution >= 4 is 5.82 Å². The highest BCUT2D eigenvalue weighted by Gasteiger charge is 2.49. The van der Waals surface area contributed by atoms with Crippen LogP contribution < -0.4 is 10.1 Å². The van der Waals surface area contributed by atoms with E-state index in [1.54, 1.807) is 13.4 Å². The molecule has 3 aromatic rings. The number of hydrogen-bond donors (Lipinski definition) is 2. The summed E-state index contributed by atoms with van der Waals surface area (Å²) in [7, 11) is 1.75. The lowest BCUT2D eigenvalue weighted by molar-refractivity contribution is 0.0505. The van der Waals surface area contributed by atoms with Crippen molar-refractivity contribution in [3.05, 3.63) is 53.6 Å². The van der Waals surface area contributed by atoms with Crippen LogP contribution in [0.2, 0.25) is 0 Å². The Morgan fingerprint density at radius 2 is 1.82 bits per heavy atom. The summed E-state index contributed by atoms with van der Waals surface area (Å²) in [5.41, 5.74) is 6.48. The van der Waals surface area contributed by atoms with Crippen LogP contribution in [0, 0.1) is 12.3 Å². The fourth-order valence-electron chi connectivity index (χ4n) is 5.99. The molecule has 0 atom stereocenters. The van der Waals surface area contributed by atoms with E-state index in [1.807, 2.05) is 6.20 Å². The van der Waals surface area contributed by atoms with Gasteiger partial charge in [0.15, 0.2) is 0 Å². The Hall–Kier alpha value is -2.89. The van der Waals surface area contributed by atoms with E-state index in [4.69, 9.17) is 4.74 Å². The van der Waals surface area contributed by atoms with Crippen LogP contribution in [-0.2, 0) is 5.41 Å². The molecular formula is C27H35N5O. The molecule has 3 saturated carbocycles. The molecule has 3 fully saturated rings. The number of hydrogen-bond acceptors (Lipinski definition) is 5. The molecule has 1 aromatic carbocycles. The molecule has 0 spiro atoms. The van der Waals surface area contributed by atoms with Crippen molar-refractivity contribution in [1.29, 1.82) is 0 Å². The van der Waals surface area contributed by atoms with E-state index >= 15 is 0 Å². The molecule has 2 bridgehead atoms. The van der Waals surface area contributed by atoms with Gasteiger partial charge in [0, 0.05) is 24.4 Å². The fraction of sp³-hybridized carbons (Fsp3) is 0.519. The molecule has 3 aliphatic rings. The van der Waals surface area contributed by atoms with Gasteiger partial charge in [-0.05, 0) is 79.4 Å². The van der Waals surface area contributed by atoms with E-state index in [-0.39, 0.29) is 0 Å². The number of aryl methyl sites for hydroxylation is 1. The molecule has 2 heterocycles. The Bertz CT molecular complexity index is 1110. The molecule has 2 N–H and O–H groups in total. The summed E-state index contributed by atoms with van der Waals surface area (Å²) in [5.74, 6) is 2.23. The third-order valence-electron chi connectivity index (χ3n) is 8.21. The van der Waals surface area contributed by atoms with Crippen molar-refractivity contribution in [2.24, 2.45) is 5.41 Å². The zero-order chi connectivity index (χ0) is 23.1. The summed E-state index contributed by atoms with van der Waals surface area (Å²) in [6.07, 6.45) is 11.2. The van der Waals surface area contributed by atoms with Crippen molar-refractivity contribution in [1.82, 2.24) is 20.2 Å². The van der Waals surface area contributed by atoms with Crippen molar-refractivity contribution in [3.8, 4) is 17.0 Å². The number of fused-ring (bicyclic) bond motifs is 3. The van der Waals surface area contributed by atoms with E-state index in [2.05, 4.69) is 70.5 Å². The van der Waals surface area contributed by atoms with Crippen LogP contribution in [0.3, 0.4) is 0 Å². The Labute approximate surface area is 196 Å². The van der Waals surface area contributed by atoms with E-state index in [0.29, 0.717) is 16.7 Å². The molecule has 6 nitrogen and oxygen atoms in total. The van der Waals surface area contributed by atoms with E-state index in [0.717, 1.165) is 35.1 Å². The third-order valence-corrected chi connectivity index (χ3v) is 8.21. The van der Waals surface area contributed by atoms with Crippen LogP contribution in [0.5, 0.6) is 5.75 Å². The predicted molar refractivity (Wildman–Crippen MR) is 132 cm³/mol. The molecule has 6 rings (SSSR count). The number of methoxy groups -OCH3 is 1. The number of H-pyrrole nitrogens is 1. The number of rotatable bonds is 7. The monoisotopic (exact) mass is 445 g/mol. The van der Waals surface area contributed by atoms with Crippen LogP contribution in [0.15, 0.2) is 36.8 Å². The first-order valence-electron chi connectivity index (χ1n) is 12.2. The third kappa shape index (κ3) is 4.00. The highest BCUT2D eigenvalue weighted by Crippen LogP contribution is 2.58. The summed E-state index contributed by atoms with van der Waals surface area (Å²) >= 11 is 0. The van der Waals surface area contributed by atoms with Gasteiger partial charge in [-0.15, -0.1) is 0 Å². The lowest BCUT2D eigenvalue weighted by Gasteiger charge is -2.54. The van der Waals surface area contributed by atoms with Crippen molar-refractivity contribution in [2.45, 2.75) is 70.6 Å². The average molecular weight is 446 g/mol. The van der Waals surface area contributed by atoms with Gasteiger partial charge in [-0.2, -0.15) is 5.10 Å². The van der Waals surface area contributed by atoms with Gasteiger partial charge in [0.2, 0.25) is 0 Å². The summed E-state index contributed by atoms with van der Waals surface area (Å²) in [4.78, 5) is 9.02. The molecular weight excluding hydrogens is 410 g/mol. The van der Waals surface area contributed by atoms with Crippen LogP contribution in [0.4, 0.5) is 5.82 Å². The Morgan fingerprint density at radius 1 is 1.06 bits per heavy atom. The molecule has 0 radical (unpaired) electrons. The first-order chi connectivity index (χ1) is 15.9. The largest absolute Gasteiger partial charge is 0.496 e. The van der Waals surface area contributed by atoms with Gasteiger partial charge < -0.3 is 10.1 Å². The molecule has 6 heteroatoms. The van der Waals surface area contributed by atoms with E-state index < -0.39 is 0 Å². The van der Waals surface area contributed by atoms with Gasteiger partial charge in [-0.25, -0.2) is 9.97 Å². The molecule has 0 saturated heterocycles. The zero-order valence-electron chi connectivity index (χ0n) is 20.2. The lowest BCUT2D eigenvalue weighted by atomic mass is 9.52. The van der Waals surface area contributed by atoms with Gasteiger partial charge in [0.05, 0.1) is 18.5 Å². The highest BCUT2D eigenvalue weighted by molar-refractivity contribution is 5.64. The second kappa shape index (κ2) is 8.47. The molecule has 0 aliphatic heterocycles. The number of aromatic amines is 1. The molecule has 33 heavy (non-hydrogen) atoms. The number of ether oxygens (including phenoxy) is 1. The molecule has 0 unspecified atom stereocenters. The summed E-state index contributed by atoms with van der Waals surface area (Å²) in [6.45, 7) is 7.43. The Kier molecular flexibility index (Phi) is 5.63. The second-order valence-electron chi connectivity index (χ2n) is 10.4. The van der Waals surface area contributed by atoms with E-state index in [9.17, 15) is 0 Å². The summed E-state index contributed by atoms with van der Waals surface area (Å²) in [5, 5.41) is 11.1. The van der Waals surface area contributed by atoms with Gasteiger partial charge in [-0.3, -0.25) is 5.10 Å². The minimum absolute atomic E-state index is 0.343. The fourth-order valence-corrected chi connectivity index (χ4v) is 5.99. The second-order valence-corrected chi connectivity index (χ2v) is 10.4. The highest BCUT2D eigenvalue weighted by atomic mass is 16.5. The predicted octanol–water partition coefficient (Wildman–Crippen LogP) is 6.01. The standard InChI is InChI=1S/C27H35N5O/c1-18(2)25-21(15-31-32-25)22-14-24(30-17-29-22)28-16-26-7-10-27(11-8-26,12-9-26)20-5-6-23(33-4)19(3)13-20/h5-6,13-15,17-18H,7-12,16H2,1-4H3,(H,31,32)(H,28,29,30). The smallest absolute Gasteiger partial charge is 0.129 e. The molecule has 0 amide bonds. The maximum atomic E-state index is 5.48. The average Bonchev–Trinajstić information content (AvgIpc) is 3.35. The number of anilines is 1. The van der Waals surface area contributed by atoms with Crippen molar-refractivity contribution in [2.75, 3.05) is 19.0 Å². The maximum Gasteiger partial charge on any atom is 0.129 e. The topological polar surface area (TPSA) is 75.7 Å². The van der Waals surface area contributed by atoms with Crippen LogP contribution in [0.25, 0.3) is 11.3 Å². The SMILES string of the molecule is COc1ccc(C23CCC(CNc4cc(-c5c[nH]nc5C(C)C)ncn4)(CC2)CC3)cc1C. The van der Waals surface area contributed by atoms with Gasteiger partial charge in [0.25, 0.3) is 0 Å². The van der Waals surface area contributed by atoms with E-state index in [1.165, 1.54) is 49.7 Å². The van der Waals surface area contributed by atoms with Crippen molar-refractivity contribution in [3.63, 3.8) is 0 Å². The number of nitrogens with one attached hydrogen (secondary N) is 2.